The van der Waals surface area contributed by atoms with E-state index in [4.69, 9.17) is 17.3 Å². The molecule has 0 spiro atoms. The van der Waals surface area contributed by atoms with Crippen molar-refractivity contribution in [1.82, 2.24) is 0 Å². The van der Waals surface area contributed by atoms with E-state index in [9.17, 15) is 0 Å². The average molecular weight is 238 g/mol. The van der Waals surface area contributed by atoms with Gasteiger partial charge in [0.2, 0.25) is 0 Å². The number of hydrogen-bond acceptors (Lipinski definition) is 2. The van der Waals surface area contributed by atoms with Crippen LogP contribution in [-0.4, -0.2) is 0 Å². The third kappa shape index (κ3) is 2.40. The Balaban J connectivity index is 2.26. The predicted octanol–water partition coefficient (Wildman–Crippen LogP) is 3.45. The molecule has 0 unspecified atom stereocenters. The number of hydrogen-bond donors (Lipinski definition) is 1. The summed E-state index contributed by atoms with van der Waals surface area (Å²) in [7, 11) is 0. The Morgan fingerprint density at radius 2 is 1.93 bits per heavy atom. The van der Waals surface area contributed by atoms with Crippen molar-refractivity contribution in [1.29, 1.82) is 0 Å². The Morgan fingerprint density at radius 1 is 1.13 bits per heavy atom. The van der Waals surface area contributed by atoms with Crippen molar-refractivity contribution in [3.63, 3.8) is 0 Å². The topological polar surface area (TPSA) is 26.0 Å². The van der Waals surface area contributed by atoms with Crippen LogP contribution in [0, 0.1) is 0 Å². The van der Waals surface area contributed by atoms with Gasteiger partial charge in [-0.1, -0.05) is 29.8 Å². The first-order chi connectivity index (χ1) is 7.31. The maximum Gasteiger partial charge on any atom is 0.0441 e. The van der Waals surface area contributed by atoms with E-state index in [2.05, 4.69) is 17.5 Å². The molecule has 0 saturated heterocycles. The molecule has 0 aliphatic heterocycles. The first-order valence-electron chi connectivity index (χ1n) is 4.80. The third-order valence-electron chi connectivity index (χ3n) is 2.36. The largest absolute Gasteiger partial charge is 0.326 e. The fourth-order valence-electron chi connectivity index (χ4n) is 1.55. The van der Waals surface area contributed by atoms with E-state index >= 15 is 0 Å². The summed E-state index contributed by atoms with van der Waals surface area (Å²) in [5, 5.41) is 2.90. The maximum absolute atomic E-state index is 6.11. The van der Waals surface area contributed by atoms with Gasteiger partial charge in [-0.05, 0) is 28.6 Å². The standard InChI is InChI=1S/C12H12ClNS/c13-11-4-2-1-3-9(11)7-10-5-6-15-12(10)8-14/h1-6H,7-8,14H2. The van der Waals surface area contributed by atoms with Crippen molar-refractivity contribution in [2.24, 2.45) is 5.73 Å². The van der Waals surface area contributed by atoms with E-state index in [0.717, 1.165) is 17.0 Å². The fourth-order valence-corrected chi connectivity index (χ4v) is 2.54. The summed E-state index contributed by atoms with van der Waals surface area (Å²) in [6.07, 6.45) is 0.871. The number of halogens is 1. The van der Waals surface area contributed by atoms with Gasteiger partial charge >= 0.3 is 0 Å². The lowest BCUT2D eigenvalue weighted by molar-refractivity contribution is 1.06. The van der Waals surface area contributed by atoms with Gasteiger partial charge < -0.3 is 5.73 Å². The SMILES string of the molecule is NCc1sccc1Cc1ccccc1Cl. The molecule has 0 bridgehead atoms. The van der Waals surface area contributed by atoms with Gasteiger partial charge in [0, 0.05) is 22.9 Å². The van der Waals surface area contributed by atoms with E-state index in [0.29, 0.717) is 6.54 Å². The molecular weight excluding hydrogens is 226 g/mol. The molecule has 0 saturated carbocycles. The van der Waals surface area contributed by atoms with Gasteiger partial charge in [-0.3, -0.25) is 0 Å². The van der Waals surface area contributed by atoms with Crippen molar-refractivity contribution in [2.45, 2.75) is 13.0 Å². The minimum absolute atomic E-state index is 0.609. The minimum Gasteiger partial charge on any atom is -0.326 e. The second-order valence-electron chi connectivity index (χ2n) is 3.34. The quantitative estimate of drug-likeness (QED) is 0.870. The monoisotopic (exact) mass is 237 g/mol. The molecule has 0 fully saturated rings. The van der Waals surface area contributed by atoms with E-state index in [1.807, 2.05) is 18.2 Å². The van der Waals surface area contributed by atoms with Crippen molar-refractivity contribution in [3.05, 3.63) is 56.7 Å². The van der Waals surface area contributed by atoms with Gasteiger partial charge in [-0.25, -0.2) is 0 Å². The Kier molecular flexibility index (Phi) is 3.41. The molecule has 1 nitrogen and oxygen atoms in total. The van der Waals surface area contributed by atoms with E-state index in [1.54, 1.807) is 11.3 Å². The molecule has 2 aromatic rings. The summed E-state index contributed by atoms with van der Waals surface area (Å²) in [5.41, 5.74) is 8.11. The van der Waals surface area contributed by atoms with Crippen LogP contribution >= 0.6 is 22.9 Å². The molecule has 2 rings (SSSR count). The zero-order valence-electron chi connectivity index (χ0n) is 8.24. The van der Waals surface area contributed by atoms with Crippen LogP contribution in [0.15, 0.2) is 35.7 Å². The number of nitrogens with two attached hydrogens (primary N) is 1. The number of benzene rings is 1. The minimum atomic E-state index is 0.609. The highest BCUT2D eigenvalue weighted by Crippen LogP contribution is 2.23. The summed E-state index contributed by atoms with van der Waals surface area (Å²) >= 11 is 7.82. The Labute approximate surface area is 98.5 Å². The molecule has 0 atom stereocenters. The maximum atomic E-state index is 6.11. The Bertz CT molecular complexity index is 450. The fraction of sp³-hybridized carbons (Fsp3) is 0.167. The molecule has 3 heteroatoms. The van der Waals surface area contributed by atoms with Crippen molar-refractivity contribution in [2.75, 3.05) is 0 Å². The molecule has 0 amide bonds. The molecule has 2 N–H and O–H groups in total. The molecule has 1 aromatic carbocycles. The van der Waals surface area contributed by atoms with Crippen LogP contribution in [0.25, 0.3) is 0 Å². The molecule has 0 radical (unpaired) electrons. The van der Waals surface area contributed by atoms with E-state index < -0.39 is 0 Å². The van der Waals surface area contributed by atoms with Crippen LogP contribution < -0.4 is 5.73 Å². The van der Waals surface area contributed by atoms with Crippen LogP contribution in [0.5, 0.6) is 0 Å². The summed E-state index contributed by atoms with van der Waals surface area (Å²) in [6, 6.07) is 10.1. The van der Waals surface area contributed by atoms with Crippen LogP contribution in [0.2, 0.25) is 5.02 Å². The van der Waals surface area contributed by atoms with Gasteiger partial charge in [-0.2, -0.15) is 0 Å². The average Bonchev–Trinajstić information content (AvgIpc) is 2.69. The number of rotatable bonds is 3. The van der Waals surface area contributed by atoms with Crippen LogP contribution in [-0.2, 0) is 13.0 Å². The van der Waals surface area contributed by atoms with Gasteiger partial charge in [0.05, 0.1) is 0 Å². The second kappa shape index (κ2) is 4.79. The van der Waals surface area contributed by atoms with E-state index in [-0.39, 0.29) is 0 Å². The Hall–Kier alpha value is -0.830. The highest BCUT2D eigenvalue weighted by molar-refractivity contribution is 7.10. The Morgan fingerprint density at radius 3 is 2.67 bits per heavy atom. The lowest BCUT2D eigenvalue weighted by atomic mass is 10.1. The van der Waals surface area contributed by atoms with Crippen molar-refractivity contribution in [3.8, 4) is 0 Å². The van der Waals surface area contributed by atoms with Crippen LogP contribution in [0.3, 0.4) is 0 Å². The normalized spacial score (nSPS) is 10.5. The summed E-state index contributed by atoms with van der Waals surface area (Å²) in [5.74, 6) is 0. The zero-order valence-corrected chi connectivity index (χ0v) is 9.81. The van der Waals surface area contributed by atoms with Crippen molar-refractivity contribution >= 4 is 22.9 Å². The van der Waals surface area contributed by atoms with Gasteiger partial charge in [0.1, 0.15) is 0 Å². The second-order valence-corrected chi connectivity index (χ2v) is 4.75. The van der Waals surface area contributed by atoms with Crippen LogP contribution in [0.1, 0.15) is 16.0 Å². The zero-order chi connectivity index (χ0) is 10.7. The highest BCUT2D eigenvalue weighted by atomic mass is 35.5. The third-order valence-corrected chi connectivity index (χ3v) is 3.72. The lowest BCUT2D eigenvalue weighted by Gasteiger charge is -2.04. The first-order valence-corrected chi connectivity index (χ1v) is 6.05. The molecule has 0 aliphatic carbocycles. The van der Waals surface area contributed by atoms with E-state index in [1.165, 1.54) is 10.4 Å². The van der Waals surface area contributed by atoms with Crippen LogP contribution in [0.4, 0.5) is 0 Å². The highest BCUT2D eigenvalue weighted by Gasteiger charge is 2.05. The summed E-state index contributed by atoms with van der Waals surface area (Å²) in [4.78, 5) is 1.25. The smallest absolute Gasteiger partial charge is 0.0441 e. The summed E-state index contributed by atoms with van der Waals surface area (Å²) < 4.78 is 0. The first kappa shape index (κ1) is 10.7. The van der Waals surface area contributed by atoms with Gasteiger partial charge in [0.25, 0.3) is 0 Å². The van der Waals surface area contributed by atoms with Gasteiger partial charge in [-0.15, -0.1) is 11.3 Å². The number of thiophene rings is 1. The molecule has 1 heterocycles. The van der Waals surface area contributed by atoms with Gasteiger partial charge in [0.15, 0.2) is 0 Å². The molecular formula is C12H12ClNS. The predicted molar refractivity (Wildman–Crippen MR) is 66.5 cm³/mol. The molecule has 78 valence electrons. The molecule has 1 aromatic heterocycles. The molecule has 0 aliphatic rings. The van der Waals surface area contributed by atoms with Crippen molar-refractivity contribution < 1.29 is 0 Å². The summed E-state index contributed by atoms with van der Waals surface area (Å²) in [6.45, 7) is 0.609. The lowest BCUT2D eigenvalue weighted by Crippen LogP contribution is -1.98. The molecule has 15 heavy (non-hydrogen) atoms.